The van der Waals surface area contributed by atoms with Gasteiger partial charge in [0.2, 0.25) is 10.0 Å². The van der Waals surface area contributed by atoms with Gasteiger partial charge in [0.05, 0.1) is 7.11 Å². The summed E-state index contributed by atoms with van der Waals surface area (Å²) in [4.78, 5) is 16.8. The number of nitrogens with one attached hydrogen (secondary N) is 1. The van der Waals surface area contributed by atoms with Crippen molar-refractivity contribution in [3.63, 3.8) is 0 Å². The van der Waals surface area contributed by atoms with Crippen molar-refractivity contribution in [2.75, 3.05) is 38.2 Å². The van der Waals surface area contributed by atoms with E-state index < -0.39 is 15.6 Å². The number of carbonyl (C=O) groups excluding carboxylic acids is 1. The average molecular weight is 450 g/mol. The normalized spacial score (nSPS) is 15.1. The molecule has 3 rings (SSSR count). The van der Waals surface area contributed by atoms with Gasteiger partial charge in [-0.25, -0.2) is 17.5 Å². The molecule has 1 saturated heterocycles. The Bertz CT molecular complexity index is 1040. The fourth-order valence-electron chi connectivity index (χ4n) is 3.48. The molecule has 1 N–H and O–H groups in total. The predicted molar refractivity (Wildman–Crippen MR) is 118 cm³/mol. The molecular formula is C22H28FN3O4S. The lowest BCUT2D eigenvalue weighted by molar-refractivity contribution is 0.0746. The Hall–Kier alpha value is -2.65. The van der Waals surface area contributed by atoms with Gasteiger partial charge in [0, 0.05) is 43.0 Å². The fourth-order valence-corrected chi connectivity index (χ4v) is 5.09. The lowest BCUT2D eigenvalue weighted by Gasteiger charge is -2.36. The summed E-state index contributed by atoms with van der Waals surface area (Å²) in [6.07, 6.45) is 0. The van der Waals surface area contributed by atoms with Crippen LogP contribution in [-0.2, 0) is 10.0 Å². The van der Waals surface area contributed by atoms with Crippen LogP contribution in [0, 0.1) is 5.82 Å². The average Bonchev–Trinajstić information content (AvgIpc) is 2.72. The van der Waals surface area contributed by atoms with Gasteiger partial charge in [0.1, 0.15) is 16.5 Å². The quantitative estimate of drug-likeness (QED) is 0.760. The molecule has 2 aromatic carbocycles. The van der Waals surface area contributed by atoms with Crippen LogP contribution in [0.15, 0.2) is 47.4 Å². The summed E-state index contributed by atoms with van der Waals surface area (Å²) in [6.45, 7) is 7.38. The molecule has 2 aromatic rings. The van der Waals surface area contributed by atoms with Gasteiger partial charge in [-0.15, -0.1) is 0 Å². The lowest BCUT2D eigenvalue weighted by Crippen LogP contribution is -2.48. The molecule has 1 aliphatic heterocycles. The van der Waals surface area contributed by atoms with E-state index in [1.807, 2.05) is 0 Å². The Kier molecular flexibility index (Phi) is 6.56. The Balaban J connectivity index is 1.77. The van der Waals surface area contributed by atoms with Gasteiger partial charge in [-0.05, 0) is 63.2 Å². The number of hydrogen-bond donors (Lipinski definition) is 1. The monoisotopic (exact) mass is 449 g/mol. The van der Waals surface area contributed by atoms with E-state index in [0.717, 1.165) is 5.69 Å². The molecule has 0 atom stereocenters. The minimum Gasteiger partial charge on any atom is -0.495 e. The highest BCUT2D eigenvalue weighted by molar-refractivity contribution is 7.89. The van der Waals surface area contributed by atoms with E-state index in [1.165, 1.54) is 31.4 Å². The highest BCUT2D eigenvalue weighted by Crippen LogP contribution is 2.27. The molecule has 1 amide bonds. The summed E-state index contributed by atoms with van der Waals surface area (Å²) in [5.41, 5.74) is 0.505. The van der Waals surface area contributed by atoms with E-state index in [0.29, 0.717) is 26.2 Å². The van der Waals surface area contributed by atoms with Gasteiger partial charge in [0.25, 0.3) is 5.91 Å². The number of halogens is 1. The fraction of sp³-hybridized carbons (Fsp3) is 0.409. The lowest BCUT2D eigenvalue weighted by atomic mass is 10.1. The van der Waals surface area contributed by atoms with Crippen molar-refractivity contribution in [1.29, 1.82) is 0 Å². The van der Waals surface area contributed by atoms with Crippen molar-refractivity contribution in [2.45, 2.75) is 31.2 Å². The molecule has 31 heavy (non-hydrogen) atoms. The number of amides is 1. The van der Waals surface area contributed by atoms with E-state index >= 15 is 0 Å². The molecule has 0 bridgehead atoms. The number of ether oxygens (including phenoxy) is 1. The molecule has 0 unspecified atom stereocenters. The molecule has 0 saturated carbocycles. The van der Waals surface area contributed by atoms with Gasteiger partial charge in [-0.1, -0.05) is 0 Å². The van der Waals surface area contributed by atoms with Gasteiger partial charge in [0.15, 0.2) is 0 Å². The smallest absolute Gasteiger partial charge is 0.254 e. The largest absolute Gasteiger partial charge is 0.495 e. The zero-order valence-electron chi connectivity index (χ0n) is 18.2. The highest BCUT2D eigenvalue weighted by Gasteiger charge is 2.28. The van der Waals surface area contributed by atoms with Gasteiger partial charge < -0.3 is 14.5 Å². The maximum atomic E-state index is 13.1. The summed E-state index contributed by atoms with van der Waals surface area (Å²) in [5.74, 6) is -0.355. The van der Waals surface area contributed by atoms with Crippen LogP contribution >= 0.6 is 0 Å². The van der Waals surface area contributed by atoms with E-state index in [4.69, 9.17) is 4.74 Å². The Morgan fingerprint density at radius 3 is 2.19 bits per heavy atom. The highest BCUT2D eigenvalue weighted by atomic mass is 32.2. The molecule has 1 aliphatic rings. The maximum Gasteiger partial charge on any atom is 0.254 e. The first-order chi connectivity index (χ1) is 14.5. The molecule has 0 radical (unpaired) electrons. The van der Waals surface area contributed by atoms with Gasteiger partial charge in [-0.3, -0.25) is 4.79 Å². The van der Waals surface area contributed by atoms with Crippen LogP contribution < -0.4 is 14.4 Å². The zero-order chi connectivity index (χ0) is 22.8. The molecule has 0 aliphatic carbocycles. The van der Waals surface area contributed by atoms with Crippen LogP contribution in [-0.4, -0.2) is 58.1 Å². The maximum absolute atomic E-state index is 13.1. The molecule has 7 nitrogen and oxygen atoms in total. The second-order valence-electron chi connectivity index (χ2n) is 8.48. The van der Waals surface area contributed by atoms with Crippen LogP contribution in [0.4, 0.5) is 10.1 Å². The SMILES string of the molecule is COc1ccc(C(=O)N2CCN(c3ccc(F)cc3)CC2)cc1S(=O)(=O)NC(C)(C)C. The number of rotatable bonds is 5. The first kappa shape index (κ1) is 23.0. The summed E-state index contributed by atoms with van der Waals surface area (Å²) in [7, 11) is -2.49. The summed E-state index contributed by atoms with van der Waals surface area (Å²) >= 11 is 0. The second kappa shape index (κ2) is 8.84. The van der Waals surface area contributed by atoms with Gasteiger partial charge >= 0.3 is 0 Å². The summed E-state index contributed by atoms with van der Waals surface area (Å²) in [5, 5.41) is 0. The molecule has 1 heterocycles. The van der Waals surface area contributed by atoms with E-state index in [2.05, 4.69) is 9.62 Å². The minimum absolute atomic E-state index is 0.0688. The zero-order valence-corrected chi connectivity index (χ0v) is 19.0. The first-order valence-corrected chi connectivity index (χ1v) is 11.5. The van der Waals surface area contributed by atoms with Crippen molar-refractivity contribution in [3.8, 4) is 5.75 Å². The van der Waals surface area contributed by atoms with Crippen molar-refractivity contribution in [1.82, 2.24) is 9.62 Å². The van der Waals surface area contributed by atoms with Crippen LogP contribution in [0.3, 0.4) is 0 Å². The number of carbonyl (C=O) groups is 1. The van der Waals surface area contributed by atoms with Gasteiger partial charge in [-0.2, -0.15) is 0 Å². The minimum atomic E-state index is -3.88. The van der Waals surface area contributed by atoms with Crippen molar-refractivity contribution >= 4 is 21.6 Å². The Morgan fingerprint density at radius 1 is 1.03 bits per heavy atom. The summed E-state index contributed by atoms with van der Waals surface area (Å²) in [6, 6.07) is 10.7. The predicted octanol–water partition coefficient (Wildman–Crippen LogP) is 2.87. The van der Waals surface area contributed by atoms with Crippen molar-refractivity contribution < 1.29 is 22.3 Å². The number of hydrogen-bond acceptors (Lipinski definition) is 5. The van der Waals surface area contributed by atoms with E-state index in [1.54, 1.807) is 43.9 Å². The third-order valence-electron chi connectivity index (χ3n) is 4.90. The number of benzene rings is 2. The van der Waals surface area contributed by atoms with E-state index in [-0.39, 0.29) is 27.9 Å². The summed E-state index contributed by atoms with van der Waals surface area (Å²) < 4.78 is 46.7. The van der Waals surface area contributed by atoms with Crippen molar-refractivity contribution in [3.05, 3.63) is 53.8 Å². The third-order valence-corrected chi connectivity index (χ3v) is 6.68. The molecule has 0 spiro atoms. The first-order valence-electron chi connectivity index (χ1n) is 10.0. The molecule has 9 heteroatoms. The number of anilines is 1. The molecule has 1 fully saturated rings. The third kappa shape index (κ3) is 5.54. The number of piperazine rings is 1. The molecule has 168 valence electrons. The molecular weight excluding hydrogens is 421 g/mol. The van der Waals surface area contributed by atoms with E-state index in [9.17, 15) is 17.6 Å². The van der Waals surface area contributed by atoms with Crippen LogP contribution in [0.1, 0.15) is 31.1 Å². The Labute approximate surface area is 182 Å². The number of sulfonamides is 1. The topological polar surface area (TPSA) is 79.0 Å². The van der Waals surface area contributed by atoms with Crippen LogP contribution in [0.25, 0.3) is 0 Å². The van der Waals surface area contributed by atoms with Crippen molar-refractivity contribution in [2.24, 2.45) is 0 Å². The molecule has 0 aromatic heterocycles. The van der Waals surface area contributed by atoms with Crippen LogP contribution in [0.2, 0.25) is 0 Å². The second-order valence-corrected chi connectivity index (χ2v) is 10.1. The number of nitrogens with zero attached hydrogens (tertiary/aromatic N) is 2. The standard InChI is InChI=1S/C22H28FN3O4S/c1-22(2,3)24-31(28,29)20-15-16(5-10-19(20)30-4)21(27)26-13-11-25(12-14-26)18-8-6-17(23)7-9-18/h5-10,15,24H,11-14H2,1-4H3. The van der Waals surface area contributed by atoms with Crippen LogP contribution in [0.5, 0.6) is 5.75 Å². The Morgan fingerprint density at radius 2 is 1.65 bits per heavy atom. The number of methoxy groups -OCH3 is 1.